The Morgan fingerprint density at radius 2 is 1.83 bits per heavy atom. The first-order valence-electron chi connectivity index (χ1n) is 6.73. The molecule has 1 fully saturated rings. The lowest BCUT2D eigenvalue weighted by Crippen LogP contribution is -2.28. The first-order valence-corrected chi connectivity index (χ1v) is 8.91. The van der Waals surface area contributed by atoms with Crippen molar-refractivity contribution in [3.05, 3.63) is 57.0 Å². The number of halogens is 3. The van der Waals surface area contributed by atoms with Crippen molar-refractivity contribution >= 4 is 58.2 Å². The van der Waals surface area contributed by atoms with E-state index in [0.717, 1.165) is 5.56 Å². The first-order chi connectivity index (χ1) is 11.0. The van der Waals surface area contributed by atoms with E-state index in [4.69, 9.17) is 39.5 Å². The Balaban J connectivity index is 2.09. The summed E-state index contributed by atoms with van der Waals surface area (Å²) in [6.07, 6.45) is 0. The lowest BCUT2D eigenvalue weighted by molar-refractivity contribution is -0.115. The second kappa shape index (κ2) is 6.81. The van der Waals surface area contributed by atoms with E-state index >= 15 is 0 Å². The lowest BCUT2D eigenvalue weighted by Gasteiger charge is -2.26. The highest BCUT2D eigenvalue weighted by molar-refractivity contribution is 8.00. The van der Waals surface area contributed by atoms with Crippen molar-refractivity contribution in [2.45, 2.75) is 5.37 Å². The molecule has 7 heteroatoms. The van der Waals surface area contributed by atoms with E-state index in [0.29, 0.717) is 32.3 Å². The molecular formula is C16H12Cl3NO2S. The molecule has 2 aromatic carbocycles. The predicted molar refractivity (Wildman–Crippen MR) is 97.2 cm³/mol. The number of hydrogen-bond acceptors (Lipinski definition) is 3. The highest BCUT2D eigenvalue weighted by atomic mass is 35.5. The Morgan fingerprint density at radius 3 is 2.52 bits per heavy atom. The number of rotatable bonds is 3. The molecule has 2 aromatic rings. The van der Waals surface area contributed by atoms with Gasteiger partial charge >= 0.3 is 0 Å². The molecule has 120 valence electrons. The summed E-state index contributed by atoms with van der Waals surface area (Å²) in [6, 6.07) is 10.5. The van der Waals surface area contributed by atoms with Crippen LogP contribution in [0.1, 0.15) is 10.9 Å². The number of carbonyl (C=O) groups excluding carboxylic acids is 1. The van der Waals surface area contributed by atoms with Crippen molar-refractivity contribution in [1.82, 2.24) is 0 Å². The normalized spacial score (nSPS) is 17.7. The highest BCUT2D eigenvalue weighted by Crippen LogP contribution is 2.47. The van der Waals surface area contributed by atoms with E-state index in [-0.39, 0.29) is 11.3 Å². The van der Waals surface area contributed by atoms with E-state index in [1.54, 1.807) is 42.3 Å². The van der Waals surface area contributed by atoms with Gasteiger partial charge in [0.05, 0.1) is 18.6 Å². The van der Waals surface area contributed by atoms with Crippen LogP contribution in [0, 0.1) is 0 Å². The second-order valence-electron chi connectivity index (χ2n) is 4.91. The second-order valence-corrected chi connectivity index (χ2v) is 7.26. The fraction of sp³-hybridized carbons (Fsp3) is 0.188. The van der Waals surface area contributed by atoms with Crippen LogP contribution >= 0.6 is 46.6 Å². The van der Waals surface area contributed by atoms with Crippen LogP contribution in [0.3, 0.4) is 0 Å². The largest absolute Gasteiger partial charge is 0.495 e. The highest BCUT2D eigenvalue weighted by Gasteiger charge is 2.36. The maximum absolute atomic E-state index is 12.5. The van der Waals surface area contributed by atoms with Crippen molar-refractivity contribution in [2.75, 3.05) is 17.8 Å². The zero-order valence-electron chi connectivity index (χ0n) is 12.1. The number of carbonyl (C=O) groups is 1. The van der Waals surface area contributed by atoms with Crippen LogP contribution in [-0.2, 0) is 4.79 Å². The van der Waals surface area contributed by atoms with E-state index < -0.39 is 0 Å². The summed E-state index contributed by atoms with van der Waals surface area (Å²) in [4.78, 5) is 14.1. The van der Waals surface area contributed by atoms with Gasteiger partial charge < -0.3 is 4.74 Å². The summed E-state index contributed by atoms with van der Waals surface area (Å²) in [5, 5.41) is 1.36. The minimum atomic E-state index is -0.250. The average molecular weight is 389 g/mol. The van der Waals surface area contributed by atoms with Crippen LogP contribution in [-0.4, -0.2) is 18.8 Å². The SMILES string of the molecule is COc1ccc(Cl)cc1N1C(=O)CS[C@H]1c1ccc(Cl)cc1Cl. The minimum absolute atomic E-state index is 0.0217. The van der Waals surface area contributed by atoms with Gasteiger partial charge in [-0.05, 0) is 30.3 Å². The zero-order chi connectivity index (χ0) is 16.6. The third kappa shape index (κ3) is 3.26. The molecule has 3 rings (SSSR count). The Hall–Kier alpha value is -1.07. The summed E-state index contributed by atoms with van der Waals surface area (Å²) in [5.41, 5.74) is 1.46. The number of thioether (sulfide) groups is 1. The van der Waals surface area contributed by atoms with E-state index in [2.05, 4.69) is 0 Å². The third-order valence-corrected chi connectivity index (χ3v) is 5.49. The molecule has 1 aliphatic rings. The van der Waals surface area contributed by atoms with Crippen molar-refractivity contribution < 1.29 is 9.53 Å². The Kier molecular flexibility index (Phi) is 4.97. The molecule has 0 radical (unpaired) electrons. The van der Waals surface area contributed by atoms with Crippen LogP contribution in [0.4, 0.5) is 5.69 Å². The maximum Gasteiger partial charge on any atom is 0.238 e. The first kappa shape index (κ1) is 16.8. The van der Waals surface area contributed by atoms with Gasteiger partial charge in [-0.25, -0.2) is 0 Å². The molecule has 1 saturated heterocycles. The van der Waals surface area contributed by atoms with Crippen molar-refractivity contribution in [2.24, 2.45) is 0 Å². The van der Waals surface area contributed by atoms with Gasteiger partial charge in [0, 0.05) is 20.6 Å². The third-order valence-electron chi connectivity index (χ3n) is 3.50. The molecular weight excluding hydrogens is 377 g/mol. The molecule has 0 bridgehead atoms. The standard InChI is InChI=1S/C16H12Cl3NO2S/c1-22-14-5-3-10(18)7-13(14)20-15(21)8-23-16(20)11-4-2-9(17)6-12(11)19/h2-7,16H,8H2,1H3/t16-/m0/s1. The molecule has 0 N–H and O–H groups in total. The summed E-state index contributed by atoms with van der Waals surface area (Å²) in [6.45, 7) is 0. The van der Waals surface area contributed by atoms with Gasteiger partial charge in [-0.2, -0.15) is 0 Å². The number of methoxy groups -OCH3 is 1. The number of benzene rings is 2. The molecule has 3 nitrogen and oxygen atoms in total. The lowest BCUT2D eigenvalue weighted by atomic mass is 10.1. The van der Waals surface area contributed by atoms with Gasteiger partial charge in [0.25, 0.3) is 0 Å². The molecule has 0 spiro atoms. The summed E-state index contributed by atoms with van der Waals surface area (Å²) in [7, 11) is 1.56. The number of ether oxygens (including phenoxy) is 1. The average Bonchev–Trinajstić information content (AvgIpc) is 2.88. The summed E-state index contributed by atoms with van der Waals surface area (Å²) in [5.74, 6) is 0.922. The van der Waals surface area contributed by atoms with Crippen LogP contribution < -0.4 is 9.64 Å². The van der Waals surface area contributed by atoms with Gasteiger partial charge in [-0.1, -0.05) is 40.9 Å². The van der Waals surface area contributed by atoms with Gasteiger partial charge in [0.15, 0.2) is 0 Å². The van der Waals surface area contributed by atoms with E-state index in [1.807, 2.05) is 6.07 Å². The topological polar surface area (TPSA) is 29.5 Å². The zero-order valence-corrected chi connectivity index (χ0v) is 15.1. The number of hydrogen-bond donors (Lipinski definition) is 0. The fourth-order valence-corrected chi connectivity index (χ4v) is 4.42. The summed E-state index contributed by atoms with van der Waals surface area (Å²) < 4.78 is 5.38. The van der Waals surface area contributed by atoms with Crippen LogP contribution in [0.15, 0.2) is 36.4 Å². The van der Waals surface area contributed by atoms with Gasteiger partial charge in [-0.3, -0.25) is 9.69 Å². The fourth-order valence-electron chi connectivity index (χ4n) is 2.47. The predicted octanol–water partition coefficient (Wildman–Crippen LogP) is 5.43. The van der Waals surface area contributed by atoms with Gasteiger partial charge in [0.2, 0.25) is 5.91 Å². The van der Waals surface area contributed by atoms with Gasteiger partial charge in [0.1, 0.15) is 11.1 Å². The maximum atomic E-state index is 12.5. The molecule has 1 atom stereocenters. The molecule has 1 heterocycles. The van der Waals surface area contributed by atoms with Crippen molar-refractivity contribution in [1.29, 1.82) is 0 Å². The van der Waals surface area contributed by atoms with Crippen molar-refractivity contribution in [3.8, 4) is 5.75 Å². The van der Waals surface area contributed by atoms with Crippen LogP contribution in [0.2, 0.25) is 15.1 Å². The molecule has 0 aromatic heterocycles. The molecule has 1 amide bonds. The Labute approximate surface area is 153 Å². The number of nitrogens with zero attached hydrogens (tertiary/aromatic N) is 1. The molecule has 1 aliphatic heterocycles. The Morgan fingerprint density at radius 1 is 1.13 bits per heavy atom. The summed E-state index contributed by atoms with van der Waals surface area (Å²) >= 11 is 19.9. The van der Waals surface area contributed by atoms with Crippen LogP contribution in [0.5, 0.6) is 5.75 Å². The van der Waals surface area contributed by atoms with E-state index in [9.17, 15) is 4.79 Å². The number of anilines is 1. The molecule has 0 unspecified atom stereocenters. The molecule has 0 saturated carbocycles. The van der Waals surface area contributed by atoms with E-state index in [1.165, 1.54) is 11.8 Å². The monoisotopic (exact) mass is 387 g/mol. The smallest absolute Gasteiger partial charge is 0.238 e. The quantitative estimate of drug-likeness (QED) is 0.701. The number of amides is 1. The molecule has 0 aliphatic carbocycles. The minimum Gasteiger partial charge on any atom is -0.495 e. The Bertz CT molecular complexity index is 769. The van der Waals surface area contributed by atoms with Crippen molar-refractivity contribution in [3.63, 3.8) is 0 Å². The van der Waals surface area contributed by atoms with Crippen LogP contribution in [0.25, 0.3) is 0 Å². The molecule has 23 heavy (non-hydrogen) atoms. The van der Waals surface area contributed by atoms with Gasteiger partial charge in [-0.15, -0.1) is 11.8 Å².